The molecule has 6 heteroatoms. The number of hydrogen-bond acceptors (Lipinski definition) is 6. The normalized spacial score (nSPS) is 29.9. The minimum Gasteiger partial charge on any atom is -0.508 e. The van der Waals surface area contributed by atoms with Crippen LogP contribution in [0.4, 0.5) is 0 Å². The predicted molar refractivity (Wildman–Crippen MR) is 130 cm³/mol. The van der Waals surface area contributed by atoms with Crippen molar-refractivity contribution in [1.29, 1.82) is 0 Å². The molecule has 0 aromatic heterocycles. The zero-order valence-electron chi connectivity index (χ0n) is 20.4. The number of rotatable bonds is 4. The summed E-state index contributed by atoms with van der Waals surface area (Å²) in [5.74, 6) is -0.674. The van der Waals surface area contributed by atoms with Gasteiger partial charge in [-0.1, -0.05) is 32.0 Å². The fourth-order valence-electron chi connectivity index (χ4n) is 7.28. The van der Waals surface area contributed by atoms with Crippen LogP contribution in [-0.2, 0) is 21.0 Å². The van der Waals surface area contributed by atoms with Gasteiger partial charge in [0.25, 0.3) is 0 Å². The molecule has 6 nitrogen and oxygen atoms in total. The number of aryl methyl sites for hydroxylation is 1. The van der Waals surface area contributed by atoms with Gasteiger partial charge in [0, 0.05) is 0 Å². The third-order valence-corrected chi connectivity index (χ3v) is 9.06. The standard InChI is InChI=1S/C29H34O6/c1-3-20(28(33)35-34-27(32)17-7-5-4-6-8-17)23-16-19(30)15-18-9-10-21-22(26(18)23)13-14-29(2)24(21)11-12-25(29)31/h4-8,15-16,20-22,24-25,30-31H,3,9-14H2,1-2H3/t20?,21-,22+,24+,25+,29+/m1/s1. The second kappa shape index (κ2) is 9.30. The van der Waals surface area contributed by atoms with Crippen molar-refractivity contribution >= 4 is 11.9 Å². The number of carbonyl (C=O) groups is 2. The van der Waals surface area contributed by atoms with Crippen LogP contribution in [0.2, 0.25) is 0 Å². The van der Waals surface area contributed by atoms with Crippen molar-refractivity contribution in [2.45, 2.75) is 76.7 Å². The molecule has 0 amide bonds. The van der Waals surface area contributed by atoms with Gasteiger partial charge >= 0.3 is 11.9 Å². The van der Waals surface area contributed by atoms with Gasteiger partial charge in [0.2, 0.25) is 0 Å². The van der Waals surface area contributed by atoms with E-state index in [0.29, 0.717) is 23.8 Å². The maximum Gasteiger partial charge on any atom is 0.386 e. The number of phenolic OH excluding ortho intramolecular Hbond substituents is 1. The zero-order valence-corrected chi connectivity index (χ0v) is 20.4. The largest absolute Gasteiger partial charge is 0.508 e. The molecule has 2 N–H and O–H groups in total. The minimum atomic E-state index is -0.724. The molecule has 3 aliphatic rings. The molecule has 2 fully saturated rings. The first-order valence-corrected chi connectivity index (χ1v) is 12.8. The van der Waals surface area contributed by atoms with Crippen LogP contribution in [0.15, 0.2) is 42.5 Å². The molecule has 0 saturated heterocycles. The molecule has 6 atom stereocenters. The summed E-state index contributed by atoms with van der Waals surface area (Å²) in [7, 11) is 0. The number of aliphatic hydroxyl groups excluding tert-OH is 1. The average Bonchev–Trinajstić information content (AvgIpc) is 3.17. The lowest BCUT2D eigenvalue weighted by Crippen LogP contribution is -2.44. The van der Waals surface area contributed by atoms with Crippen LogP contribution in [0, 0.1) is 17.3 Å². The van der Waals surface area contributed by atoms with E-state index in [-0.39, 0.29) is 23.2 Å². The van der Waals surface area contributed by atoms with E-state index >= 15 is 0 Å². The molecule has 0 heterocycles. The number of carbonyl (C=O) groups excluding carboxylic acids is 2. The van der Waals surface area contributed by atoms with Crippen molar-refractivity contribution in [2.24, 2.45) is 17.3 Å². The summed E-state index contributed by atoms with van der Waals surface area (Å²) in [6.45, 7) is 4.14. The summed E-state index contributed by atoms with van der Waals surface area (Å²) in [6.07, 6.45) is 5.88. The lowest BCUT2D eigenvalue weighted by Gasteiger charge is -2.50. The van der Waals surface area contributed by atoms with Crippen molar-refractivity contribution in [3.8, 4) is 5.75 Å². The minimum absolute atomic E-state index is 0.0372. The van der Waals surface area contributed by atoms with E-state index in [4.69, 9.17) is 9.78 Å². The Morgan fingerprint density at radius 3 is 2.60 bits per heavy atom. The number of aliphatic hydroxyl groups is 1. The predicted octanol–water partition coefficient (Wildman–Crippen LogP) is 5.42. The van der Waals surface area contributed by atoms with E-state index in [1.54, 1.807) is 36.4 Å². The fraction of sp³-hybridized carbons (Fsp3) is 0.517. The van der Waals surface area contributed by atoms with Crippen molar-refractivity contribution in [2.75, 3.05) is 0 Å². The molecule has 0 bridgehead atoms. The number of fused-ring (bicyclic) bond motifs is 5. The first-order valence-electron chi connectivity index (χ1n) is 12.8. The highest BCUT2D eigenvalue weighted by Gasteiger charge is 2.55. The van der Waals surface area contributed by atoms with Crippen molar-refractivity contribution < 1.29 is 29.6 Å². The highest BCUT2D eigenvalue weighted by atomic mass is 17.2. The molecule has 2 aromatic carbocycles. The third kappa shape index (κ3) is 4.12. The number of phenols is 1. The highest BCUT2D eigenvalue weighted by Crippen LogP contribution is 2.61. The molecule has 2 saturated carbocycles. The molecule has 186 valence electrons. The molecule has 0 aliphatic heterocycles. The van der Waals surface area contributed by atoms with E-state index < -0.39 is 17.9 Å². The van der Waals surface area contributed by atoms with Crippen LogP contribution in [0.25, 0.3) is 0 Å². The third-order valence-electron chi connectivity index (χ3n) is 9.06. The van der Waals surface area contributed by atoms with Gasteiger partial charge in [-0.3, -0.25) is 0 Å². The Kier molecular flexibility index (Phi) is 6.34. The van der Waals surface area contributed by atoms with Gasteiger partial charge in [0.05, 0.1) is 17.6 Å². The number of aromatic hydroxyl groups is 1. The number of benzene rings is 2. The van der Waals surface area contributed by atoms with Crippen molar-refractivity contribution in [3.05, 3.63) is 64.7 Å². The Bertz CT molecular complexity index is 1110. The Hall–Kier alpha value is -2.86. The van der Waals surface area contributed by atoms with E-state index in [2.05, 4.69) is 6.92 Å². The van der Waals surface area contributed by atoms with Gasteiger partial charge in [-0.2, -0.15) is 0 Å². The molecule has 0 spiro atoms. The lowest BCUT2D eigenvalue weighted by atomic mass is 9.54. The van der Waals surface area contributed by atoms with Crippen LogP contribution < -0.4 is 0 Å². The maximum atomic E-state index is 13.1. The van der Waals surface area contributed by atoms with E-state index in [1.807, 2.05) is 13.0 Å². The first kappa shape index (κ1) is 23.9. The van der Waals surface area contributed by atoms with E-state index in [9.17, 15) is 19.8 Å². The van der Waals surface area contributed by atoms with Gasteiger partial charge in [-0.05, 0) is 109 Å². The van der Waals surface area contributed by atoms with Gasteiger partial charge in [0.1, 0.15) is 5.75 Å². The molecule has 5 rings (SSSR count). The van der Waals surface area contributed by atoms with E-state index in [1.165, 1.54) is 0 Å². The number of hydrogen-bond donors (Lipinski definition) is 2. The summed E-state index contributed by atoms with van der Waals surface area (Å²) in [5, 5.41) is 21.2. The quantitative estimate of drug-likeness (QED) is 0.450. The lowest BCUT2D eigenvalue weighted by molar-refractivity contribution is -0.235. The zero-order chi connectivity index (χ0) is 24.7. The Balaban J connectivity index is 1.42. The summed E-state index contributed by atoms with van der Waals surface area (Å²) in [5.41, 5.74) is 3.29. The van der Waals surface area contributed by atoms with Gasteiger partial charge in [0.15, 0.2) is 0 Å². The molecule has 1 unspecified atom stereocenters. The summed E-state index contributed by atoms with van der Waals surface area (Å²) < 4.78 is 0. The fourth-order valence-corrected chi connectivity index (χ4v) is 7.28. The maximum absolute atomic E-state index is 13.1. The Morgan fingerprint density at radius 2 is 1.86 bits per heavy atom. The van der Waals surface area contributed by atoms with Gasteiger partial charge < -0.3 is 10.2 Å². The van der Waals surface area contributed by atoms with Crippen LogP contribution in [0.3, 0.4) is 0 Å². The second-order valence-corrected chi connectivity index (χ2v) is 10.8. The summed E-state index contributed by atoms with van der Waals surface area (Å²) in [4.78, 5) is 35.3. The van der Waals surface area contributed by atoms with Crippen molar-refractivity contribution in [3.63, 3.8) is 0 Å². The van der Waals surface area contributed by atoms with Crippen molar-refractivity contribution in [1.82, 2.24) is 0 Å². The molecule has 0 radical (unpaired) electrons. The molecule has 35 heavy (non-hydrogen) atoms. The summed E-state index contributed by atoms with van der Waals surface area (Å²) >= 11 is 0. The Morgan fingerprint density at radius 1 is 1.09 bits per heavy atom. The highest BCUT2D eigenvalue weighted by molar-refractivity contribution is 5.89. The second-order valence-electron chi connectivity index (χ2n) is 10.8. The van der Waals surface area contributed by atoms with E-state index in [0.717, 1.165) is 55.2 Å². The summed E-state index contributed by atoms with van der Waals surface area (Å²) in [6, 6.07) is 11.9. The van der Waals surface area contributed by atoms with Gasteiger partial charge in [-0.15, -0.1) is 0 Å². The average molecular weight is 479 g/mol. The van der Waals surface area contributed by atoms with Gasteiger partial charge in [-0.25, -0.2) is 19.4 Å². The molecule has 3 aliphatic carbocycles. The van der Waals surface area contributed by atoms with Crippen LogP contribution in [-0.4, -0.2) is 28.3 Å². The first-order chi connectivity index (χ1) is 16.8. The smallest absolute Gasteiger partial charge is 0.386 e. The molecule has 2 aromatic rings. The monoisotopic (exact) mass is 478 g/mol. The van der Waals surface area contributed by atoms with Crippen LogP contribution in [0.5, 0.6) is 5.75 Å². The van der Waals surface area contributed by atoms with Crippen LogP contribution >= 0.6 is 0 Å². The van der Waals surface area contributed by atoms with Crippen LogP contribution in [0.1, 0.15) is 91.3 Å². The molecular weight excluding hydrogens is 444 g/mol. The SMILES string of the molecule is CCC(C(=O)OOC(=O)c1ccccc1)c1cc(O)cc2c1[C@H]1CC[C@]3(C)[C@@H](O)CC[C@H]3[C@@H]1CC2. The molecular formula is C29H34O6. The topological polar surface area (TPSA) is 93.1 Å². The Labute approximate surface area is 206 Å².